The molecule has 18 heavy (non-hydrogen) atoms. The average molecular weight is 331 g/mol. The molecule has 0 bridgehead atoms. The third-order valence-corrected chi connectivity index (χ3v) is 4.88. The van der Waals surface area contributed by atoms with Gasteiger partial charge in [-0.1, -0.05) is 0 Å². The SMILES string of the molecule is CN(Cc1csc(Br)c1)C(=O)CC1CCCNC1. The van der Waals surface area contributed by atoms with E-state index in [1.165, 1.54) is 18.4 Å². The summed E-state index contributed by atoms with van der Waals surface area (Å²) in [5.41, 5.74) is 1.20. The molecule has 3 nitrogen and oxygen atoms in total. The van der Waals surface area contributed by atoms with Crippen LogP contribution in [0.3, 0.4) is 0 Å². The van der Waals surface area contributed by atoms with Gasteiger partial charge in [-0.05, 0) is 64.8 Å². The molecule has 0 aliphatic carbocycles. The fraction of sp³-hybridized carbons (Fsp3) is 0.615. The minimum absolute atomic E-state index is 0.256. The first kappa shape index (κ1) is 14.0. The Bertz CT molecular complexity index is 401. The highest BCUT2D eigenvalue weighted by molar-refractivity contribution is 9.11. The van der Waals surface area contributed by atoms with Crippen molar-refractivity contribution in [2.75, 3.05) is 20.1 Å². The van der Waals surface area contributed by atoms with Gasteiger partial charge in [-0.3, -0.25) is 4.79 Å². The van der Waals surface area contributed by atoms with Gasteiger partial charge in [0.25, 0.3) is 0 Å². The molecule has 0 aromatic carbocycles. The zero-order valence-corrected chi connectivity index (χ0v) is 13.0. The van der Waals surface area contributed by atoms with Gasteiger partial charge < -0.3 is 10.2 Å². The number of piperidine rings is 1. The Balaban J connectivity index is 1.80. The topological polar surface area (TPSA) is 32.3 Å². The van der Waals surface area contributed by atoms with Crippen LogP contribution in [0.1, 0.15) is 24.8 Å². The fourth-order valence-corrected chi connectivity index (χ4v) is 3.49. The number of halogens is 1. The first-order valence-electron chi connectivity index (χ1n) is 6.32. The van der Waals surface area contributed by atoms with Crippen LogP contribution in [-0.2, 0) is 11.3 Å². The summed E-state index contributed by atoms with van der Waals surface area (Å²) in [6, 6.07) is 2.08. The second-order valence-corrected chi connectivity index (χ2v) is 7.22. The summed E-state index contributed by atoms with van der Waals surface area (Å²) in [7, 11) is 1.89. The maximum atomic E-state index is 12.1. The normalized spacial score (nSPS) is 19.8. The van der Waals surface area contributed by atoms with Crippen molar-refractivity contribution in [2.45, 2.75) is 25.8 Å². The van der Waals surface area contributed by atoms with Crippen LogP contribution in [0, 0.1) is 5.92 Å². The number of nitrogens with zero attached hydrogens (tertiary/aromatic N) is 1. The minimum atomic E-state index is 0.256. The lowest BCUT2D eigenvalue weighted by Crippen LogP contribution is -2.34. The molecule has 1 aliphatic rings. The molecule has 1 aromatic heterocycles. The van der Waals surface area contributed by atoms with Crippen molar-refractivity contribution in [2.24, 2.45) is 5.92 Å². The van der Waals surface area contributed by atoms with Gasteiger partial charge in [0.15, 0.2) is 0 Å². The van der Waals surface area contributed by atoms with E-state index >= 15 is 0 Å². The molecular formula is C13H19BrN2OS. The summed E-state index contributed by atoms with van der Waals surface area (Å²) in [4.78, 5) is 13.9. The van der Waals surface area contributed by atoms with Crippen LogP contribution in [0.4, 0.5) is 0 Å². The zero-order chi connectivity index (χ0) is 13.0. The number of nitrogens with one attached hydrogen (secondary N) is 1. The summed E-state index contributed by atoms with van der Waals surface area (Å²) < 4.78 is 1.12. The van der Waals surface area contributed by atoms with Crippen LogP contribution >= 0.6 is 27.3 Å². The van der Waals surface area contributed by atoms with Crippen molar-refractivity contribution in [1.82, 2.24) is 10.2 Å². The predicted octanol–water partition coefficient (Wildman–Crippen LogP) is 2.86. The van der Waals surface area contributed by atoms with E-state index in [-0.39, 0.29) is 5.91 Å². The molecule has 1 N–H and O–H groups in total. The number of carbonyl (C=O) groups excluding carboxylic acids is 1. The van der Waals surface area contributed by atoms with Crippen LogP contribution in [0.2, 0.25) is 0 Å². The van der Waals surface area contributed by atoms with Gasteiger partial charge in [0.05, 0.1) is 3.79 Å². The second kappa shape index (κ2) is 6.68. The van der Waals surface area contributed by atoms with Crippen molar-refractivity contribution < 1.29 is 4.79 Å². The zero-order valence-electron chi connectivity index (χ0n) is 10.6. The standard InChI is InChI=1S/C13H19BrN2OS/c1-16(8-11-5-12(14)18-9-11)13(17)6-10-3-2-4-15-7-10/h5,9-10,15H,2-4,6-8H2,1H3. The Labute approximate surface area is 121 Å². The maximum Gasteiger partial charge on any atom is 0.222 e. The van der Waals surface area contributed by atoms with Crippen molar-refractivity contribution in [3.63, 3.8) is 0 Å². The molecule has 5 heteroatoms. The summed E-state index contributed by atoms with van der Waals surface area (Å²) in [6.07, 6.45) is 3.05. The van der Waals surface area contributed by atoms with E-state index in [1.54, 1.807) is 11.3 Å². The van der Waals surface area contributed by atoms with E-state index < -0.39 is 0 Å². The number of hydrogen-bond donors (Lipinski definition) is 1. The summed E-state index contributed by atoms with van der Waals surface area (Å²) in [6.45, 7) is 2.80. The molecule has 1 unspecified atom stereocenters. The minimum Gasteiger partial charge on any atom is -0.341 e. The maximum absolute atomic E-state index is 12.1. The molecule has 0 spiro atoms. The number of thiophene rings is 1. The lowest BCUT2D eigenvalue weighted by atomic mass is 9.95. The predicted molar refractivity (Wildman–Crippen MR) is 78.7 cm³/mol. The van der Waals surface area contributed by atoms with Gasteiger partial charge in [0.1, 0.15) is 0 Å². The average Bonchev–Trinajstić information content (AvgIpc) is 2.76. The van der Waals surface area contributed by atoms with Crippen molar-refractivity contribution in [3.8, 4) is 0 Å². The first-order valence-corrected chi connectivity index (χ1v) is 8.00. The Morgan fingerprint density at radius 3 is 3.11 bits per heavy atom. The Hall–Kier alpha value is -0.390. The molecule has 0 saturated carbocycles. The Kier molecular flexibility index (Phi) is 5.21. The van der Waals surface area contributed by atoms with E-state index in [1.807, 2.05) is 11.9 Å². The van der Waals surface area contributed by atoms with Gasteiger partial charge in [-0.25, -0.2) is 0 Å². The summed E-state index contributed by atoms with van der Waals surface area (Å²) >= 11 is 5.11. The molecule has 100 valence electrons. The molecule has 2 heterocycles. The lowest BCUT2D eigenvalue weighted by molar-refractivity contribution is -0.131. The van der Waals surface area contributed by atoms with Crippen molar-refractivity contribution in [1.29, 1.82) is 0 Å². The van der Waals surface area contributed by atoms with E-state index in [2.05, 4.69) is 32.7 Å². The smallest absolute Gasteiger partial charge is 0.222 e. The first-order chi connectivity index (χ1) is 8.65. The highest BCUT2D eigenvalue weighted by Crippen LogP contribution is 2.22. The third kappa shape index (κ3) is 4.07. The Morgan fingerprint density at radius 1 is 1.67 bits per heavy atom. The number of amides is 1. The van der Waals surface area contributed by atoms with Crippen molar-refractivity contribution >= 4 is 33.2 Å². The lowest BCUT2D eigenvalue weighted by Gasteiger charge is -2.24. The molecule has 1 atom stereocenters. The number of carbonyl (C=O) groups is 1. The molecule has 1 amide bonds. The molecule has 1 aromatic rings. The molecule has 1 fully saturated rings. The van der Waals surface area contributed by atoms with Crippen LogP contribution in [0.5, 0.6) is 0 Å². The Morgan fingerprint density at radius 2 is 2.50 bits per heavy atom. The van der Waals surface area contributed by atoms with Crippen LogP contribution in [0.15, 0.2) is 15.2 Å². The monoisotopic (exact) mass is 330 g/mol. The summed E-state index contributed by atoms with van der Waals surface area (Å²) in [5.74, 6) is 0.772. The van der Waals surface area contributed by atoms with Gasteiger partial charge >= 0.3 is 0 Å². The van der Waals surface area contributed by atoms with E-state index in [0.717, 1.165) is 16.9 Å². The van der Waals surface area contributed by atoms with E-state index in [9.17, 15) is 4.79 Å². The molecule has 2 rings (SSSR count). The largest absolute Gasteiger partial charge is 0.341 e. The fourth-order valence-electron chi connectivity index (χ4n) is 2.29. The summed E-state index contributed by atoms with van der Waals surface area (Å²) in [5, 5.41) is 5.45. The van der Waals surface area contributed by atoms with Gasteiger partial charge in [-0.2, -0.15) is 0 Å². The number of hydrogen-bond acceptors (Lipinski definition) is 3. The van der Waals surface area contributed by atoms with Gasteiger partial charge in [0.2, 0.25) is 5.91 Å². The second-order valence-electron chi connectivity index (χ2n) is 4.93. The van der Waals surface area contributed by atoms with Crippen LogP contribution in [0.25, 0.3) is 0 Å². The quantitative estimate of drug-likeness (QED) is 0.920. The molecule has 0 radical (unpaired) electrons. The van der Waals surface area contributed by atoms with Gasteiger partial charge in [-0.15, -0.1) is 11.3 Å². The highest BCUT2D eigenvalue weighted by Gasteiger charge is 2.19. The van der Waals surface area contributed by atoms with Crippen molar-refractivity contribution in [3.05, 3.63) is 20.8 Å². The van der Waals surface area contributed by atoms with E-state index in [4.69, 9.17) is 0 Å². The molecule has 1 aliphatic heterocycles. The van der Waals surface area contributed by atoms with Crippen LogP contribution < -0.4 is 5.32 Å². The third-order valence-electron chi connectivity index (χ3n) is 3.33. The molecular weight excluding hydrogens is 312 g/mol. The van der Waals surface area contributed by atoms with Gasteiger partial charge in [0, 0.05) is 20.0 Å². The van der Waals surface area contributed by atoms with Crippen LogP contribution in [-0.4, -0.2) is 30.9 Å². The molecule has 1 saturated heterocycles. The number of rotatable bonds is 4. The highest BCUT2D eigenvalue weighted by atomic mass is 79.9. The van der Waals surface area contributed by atoms with E-state index in [0.29, 0.717) is 18.9 Å².